The van der Waals surface area contributed by atoms with E-state index in [9.17, 15) is 4.79 Å². The van der Waals surface area contributed by atoms with Crippen molar-refractivity contribution < 1.29 is 0 Å². The minimum atomic E-state index is -0.0600. The molecule has 0 unspecified atom stereocenters. The zero-order valence-electron chi connectivity index (χ0n) is 17.8. The maximum atomic E-state index is 13.1. The van der Waals surface area contributed by atoms with Crippen LogP contribution in [0.1, 0.15) is 32.1 Å². The molecule has 9 heteroatoms. The maximum absolute atomic E-state index is 13.1. The molecule has 0 bridgehead atoms. The lowest BCUT2D eigenvalue weighted by Gasteiger charge is -2.42. The van der Waals surface area contributed by atoms with Gasteiger partial charge >= 0.3 is 0 Å². The van der Waals surface area contributed by atoms with Gasteiger partial charge in [-0.15, -0.1) is 0 Å². The van der Waals surface area contributed by atoms with Gasteiger partial charge in [0.2, 0.25) is 5.95 Å². The Morgan fingerprint density at radius 1 is 1.19 bits per heavy atom. The number of hydrogen-bond donors (Lipinski definition) is 1. The average molecular weight is 459 g/mol. The third-order valence-electron chi connectivity index (χ3n) is 7.05. The third kappa shape index (κ3) is 3.54. The lowest BCUT2D eigenvalue weighted by atomic mass is 9.74. The van der Waals surface area contributed by atoms with E-state index in [2.05, 4.69) is 15.0 Å². The number of halogens is 1. The van der Waals surface area contributed by atoms with Gasteiger partial charge in [0.05, 0.1) is 21.6 Å². The van der Waals surface area contributed by atoms with Gasteiger partial charge in [0.25, 0.3) is 5.56 Å². The van der Waals surface area contributed by atoms with Crippen molar-refractivity contribution in [3.05, 3.63) is 39.9 Å². The van der Waals surface area contributed by atoms with E-state index in [0.29, 0.717) is 16.0 Å². The Bertz CT molecular complexity index is 1200. The van der Waals surface area contributed by atoms with Crippen LogP contribution in [-0.4, -0.2) is 38.5 Å². The molecule has 2 N–H and O–H groups in total. The van der Waals surface area contributed by atoms with Gasteiger partial charge < -0.3 is 10.6 Å². The van der Waals surface area contributed by atoms with Crippen molar-refractivity contribution in [1.29, 1.82) is 0 Å². The summed E-state index contributed by atoms with van der Waals surface area (Å²) in [7, 11) is 3.66. The molecule has 5 rings (SSSR count). The molecule has 0 amide bonds. The number of nitrogens with zero attached hydrogens (tertiary/aromatic N) is 5. The second-order valence-electron chi connectivity index (χ2n) is 8.85. The molecule has 2 aliphatic rings. The van der Waals surface area contributed by atoms with Crippen LogP contribution in [0.3, 0.4) is 0 Å². The predicted molar refractivity (Wildman–Crippen MR) is 125 cm³/mol. The first kappa shape index (κ1) is 20.8. The average Bonchev–Trinajstić information content (AvgIpc) is 3.31. The Hall–Kier alpha value is -2.03. The summed E-state index contributed by atoms with van der Waals surface area (Å²) in [6.45, 7) is 1.79. The van der Waals surface area contributed by atoms with Crippen molar-refractivity contribution in [1.82, 2.24) is 19.3 Å². The number of benzene rings is 1. The molecule has 7 nitrogen and oxygen atoms in total. The van der Waals surface area contributed by atoms with Crippen molar-refractivity contribution in [3.63, 3.8) is 0 Å². The molecule has 1 aliphatic carbocycles. The number of piperidine rings is 1. The summed E-state index contributed by atoms with van der Waals surface area (Å²) in [6, 6.07) is 4.14. The number of rotatable bonds is 3. The summed E-state index contributed by atoms with van der Waals surface area (Å²) >= 11 is 7.95. The van der Waals surface area contributed by atoms with Crippen LogP contribution in [0.25, 0.3) is 10.9 Å². The highest BCUT2D eigenvalue weighted by Gasteiger charge is 2.43. The van der Waals surface area contributed by atoms with Crippen LogP contribution in [0.15, 0.2) is 39.1 Å². The first-order chi connectivity index (χ1) is 14.9. The fourth-order valence-electron chi connectivity index (χ4n) is 5.17. The first-order valence-electron chi connectivity index (χ1n) is 10.7. The number of fused-ring (bicyclic) bond motifs is 1. The van der Waals surface area contributed by atoms with E-state index in [4.69, 9.17) is 17.3 Å². The Labute approximate surface area is 190 Å². The van der Waals surface area contributed by atoms with Crippen molar-refractivity contribution in [2.75, 3.05) is 18.0 Å². The number of nitrogens with two attached hydrogens (primary N) is 1. The molecule has 1 spiro atoms. The Morgan fingerprint density at radius 2 is 1.97 bits per heavy atom. The molecule has 3 aromatic rings. The van der Waals surface area contributed by atoms with Crippen LogP contribution >= 0.6 is 23.4 Å². The topological polar surface area (TPSA) is 82.0 Å². The van der Waals surface area contributed by atoms with E-state index in [1.807, 2.05) is 25.4 Å². The van der Waals surface area contributed by atoms with Gasteiger partial charge in [-0.25, -0.2) is 4.98 Å². The number of anilines is 1. The van der Waals surface area contributed by atoms with Gasteiger partial charge in [-0.1, -0.05) is 29.8 Å². The largest absolute Gasteiger partial charge is 0.342 e. The second-order valence-corrected chi connectivity index (χ2v) is 10.3. The smallest absolute Gasteiger partial charge is 0.268 e. The Balaban J connectivity index is 1.38. The van der Waals surface area contributed by atoms with Crippen LogP contribution in [0, 0.1) is 5.41 Å². The zero-order chi connectivity index (χ0) is 21.8. The van der Waals surface area contributed by atoms with Crippen molar-refractivity contribution >= 4 is 40.2 Å². The quantitative estimate of drug-likeness (QED) is 0.646. The van der Waals surface area contributed by atoms with Crippen LogP contribution < -0.4 is 16.2 Å². The molecule has 2 fully saturated rings. The zero-order valence-corrected chi connectivity index (χ0v) is 19.4. The number of aryl methyl sites for hydroxylation is 1. The maximum Gasteiger partial charge on any atom is 0.268 e. The minimum absolute atomic E-state index is 0.0600. The van der Waals surface area contributed by atoms with E-state index in [1.165, 1.54) is 24.6 Å². The fourth-order valence-corrected chi connectivity index (χ4v) is 6.40. The molecule has 1 aromatic carbocycles. The molecule has 0 radical (unpaired) electrons. The van der Waals surface area contributed by atoms with Gasteiger partial charge in [0.15, 0.2) is 0 Å². The molecule has 31 heavy (non-hydrogen) atoms. The highest BCUT2D eigenvalue weighted by Crippen LogP contribution is 2.45. The summed E-state index contributed by atoms with van der Waals surface area (Å²) in [5.74, 6) is 0.726. The molecule has 3 heterocycles. The molecule has 164 valence electrons. The summed E-state index contributed by atoms with van der Waals surface area (Å²) in [5.41, 5.74) is 7.48. The van der Waals surface area contributed by atoms with Gasteiger partial charge in [-0.3, -0.25) is 14.0 Å². The summed E-state index contributed by atoms with van der Waals surface area (Å²) in [4.78, 5) is 21.4. The Morgan fingerprint density at radius 3 is 2.68 bits per heavy atom. The number of aromatic nitrogens is 4. The Kier molecular flexibility index (Phi) is 5.27. The highest BCUT2D eigenvalue weighted by molar-refractivity contribution is 7.99. The lowest BCUT2D eigenvalue weighted by Crippen LogP contribution is -2.48. The molecular weight excluding hydrogens is 432 g/mol. The monoisotopic (exact) mass is 458 g/mol. The fraction of sp³-hybridized carbons (Fsp3) is 0.500. The standard InChI is InChI=1S/C22H27ClN6OS/c1-27-13-14-15(26-27)5-6-16(19(14)23)31-17-12-25-21(28(2)20(17)30)29-10-8-22(9-11-29)7-3-4-18(22)24/h5-6,12-13,18H,3-4,7-11,24H2,1-2H3/t18-/m1/s1. The van der Waals surface area contributed by atoms with Gasteiger partial charge in [0, 0.05) is 49.7 Å². The third-order valence-corrected chi connectivity index (χ3v) is 8.63. The van der Waals surface area contributed by atoms with Gasteiger partial charge in [-0.05, 0) is 43.2 Å². The first-order valence-corrected chi connectivity index (χ1v) is 11.9. The molecular formula is C22H27ClN6OS. The van der Waals surface area contributed by atoms with Crippen molar-refractivity contribution in [2.45, 2.75) is 47.9 Å². The molecule has 1 aliphatic heterocycles. The summed E-state index contributed by atoms with van der Waals surface area (Å²) < 4.78 is 3.40. The SMILES string of the molecule is Cn1cc2c(Cl)c(Sc3cnc(N4CCC5(CCC[C@H]5N)CC4)n(C)c3=O)ccc2n1. The van der Waals surface area contributed by atoms with Crippen LogP contribution in [-0.2, 0) is 14.1 Å². The molecule has 1 saturated heterocycles. The molecule has 1 saturated carbocycles. The van der Waals surface area contributed by atoms with E-state index >= 15 is 0 Å². The summed E-state index contributed by atoms with van der Waals surface area (Å²) in [6.07, 6.45) is 9.31. The van der Waals surface area contributed by atoms with Gasteiger partial charge in [-0.2, -0.15) is 5.10 Å². The van der Waals surface area contributed by atoms with E-state index in [-0.39, 0.29) is 11.0 Å². The lowest BCUT2D eigenvalue weighted by molar-refractivity contribution is 0.196. The summed E-state index contributed by atoms with van der Waals surface area (Å²) in [5, 5.41) is 5.86. The van der Waals surface area contributed by atoms with E-state index < -0.39 is 0 Å². The van der Waals surface area contributed by atoms with Crippen molar-refractivity contribution in [2.24, 2.45) is 25.2 Å². The number of hydrogen-bond acceptors (Lipinski definition) is 6. The van der Waals surface area contributed by atoms with Crippen LogP contribution in [0.4, 0.5) is 5.95 Å². The van der Waals surface area contributed by atoms with E-state index in [0.717, 1.165) is 54.1 Å². The minimum Gasteiger partial charge on any atom is -0.342 e. The van der Waals surface area contributed by atoms with Crippen LogP contribution in [0.5, 0.6) is 0 Å². The van der Waals surface area contributed by atoms with Gasteiger partial charge in [0.1, 0.15) is 0 Å². The highest BCUT2D eigenvalue weighted by atomic mass is 35.5. The molecule has 1 atom stereocenters. The van der Waals surface area contributed by atoms with Crippen molar-refractivity contribution in [3.8, 4) is 0 Å². The predicted octanol–water partition coefficient (Wildman–Crippen LogP) is 3.57. The molecule has 2 aromatic heterocycles. The normalized spacial score (nSPS) is 20.8. The second kappa shape index (κ2) is 7.83. The van der Waals surface area contributed by atoms with E-state index in [1.54, 1.807) is 22.5 Å². The van der Waals surface area contributed by atoms with Crippen LogP contribution in [0.2, 0.25) is 5.02 Å².